The van der Waals surface area contributed by atoms with Crippen molar-refractivity contribution in [2.45, 2.75) is 39.5 Å². The van der Waals surface area contributed by atoms with Crippen LogP contribution in [0.4, 0.5) is 0 Å². The van der Waals surface area contributed by atoms with Crippen molar-refractivity contribution < 1.29 is 38.9 Å². The van der Waals surface area contributed by atoms with Gasteiger partial charge in [-0.3, -0.25) is 9.59 Å². The Kier molecular flexibility index (Phi) is 24.1. The molecule has 0 heterocycles. The highest BCUT2D eigenvalue weighted by molar-refractivity contribution is 5.82. The van der Waals surface area contributed by atoms with Crippen molar-refractivity contribution in [3.63, 3.8) is 0 Å². The third kappa shape index (κ3) is 20.2. The summed E-state index contributed by atoms with van der Waals surface area (Å²) in [4.78, 5) is 48.4. The van der Waals surface area contributed by atoms with Crippen molar-refractivity contribution in [3.05, 3.63) is 49.6 Å². The van der Waals surface area contributed by atoms with Crippen LogP contribution in [-0.4, -0.2) is 96.4 Å². The molecule has 2 amide bonds. The van der Waals surface area contributed by atoms with Gasteiger partial charge >= 0.3 is 11.9 Å². The smallest absolute Gasteiger partial charge is 0.330 e. The normalized spacial score (nSPS) is 10.3. The van der Waals surface area contributed by atoms with Gasteiger partial charge in [0.1, 0.15) is 13.2 Å². The Balaban J connectivity index is 0. The minimum Gasteiger partial charge on any atom is -0.461 e. The summed E-state index contributed by atoms with van der Waals surface area (Å²) in [7, 11) is 0. The molecule has 2 N–H and O–H groups in total. The maximum Gasteiger partial charge on any atom is 0.330 e. The lowest BCUT2D eigenvalue weighted by Crippen LogP contribution is -2.37. The summed E-state index contributed by atoms with van der Waals surface area (Å²) < 4.78 is 9.71. The second-order valence-corrected chi connectivity index (χ2v) is 7.12. The molecule has 0 unspecified atom stereocenters. The number of aliphatic hydroxyl groups is 2. The Morgan fingerprint density at radius 2 is 1.03 bits per heavy atom. The van der Waals surface area contributed by atoms with E-state index in [1.165, 1.54) is 9.80 Å². The Labute approximate surface area is 214 Å². The number of nitrogens with zero attached hydrogens (tertiary/aromatic N) is 2. The lowest BCUT2D eigenvalue weighted by atomic mass is 10.3. The van der Waals surface area contributed by atoms with E-state index in [1.54, 1.807) is 6.08 Å². The lowest BCUT2D eigenvalue weighted by Gasteiger charge is -2.21. The van der Waals surface area contributed by atoms with Crippen LogP contribution in [-0.2, 0) is 28.7 Å². The van der Waals surface area contributed by atoms with Gasteiger partial charge in [-0.25, -0.2) is 9.59 Å². The maximum absolute atomic E-state index is 12.1. The van der Waals surface area contributed by atoms with Crippen LogP contribution < -0.4 is 0 Å². The summed E-state index contributed by atoms with van der Waals surface area (Å²) in [5, 5.41) is 17.4. The molecule has 10 heteroatoms. The molecule has 0 fully saturated rings. The van der Waals surface area contributed by atoms with E-state index in [-0.39, 0.29) is 57.8 Å². The van der Waals surface area contributed by atoms with Crippen molar-refractivity contribution in [2.75, 3.05) is 52.6 Å². The van der Waals surface area contributed by atoms with Crippen molar-refractivity contribution in [1.82, 2.24) is 9.80 Å². The van der Waals surface area contributed by atoms with Gasteiger partial charge in [-0.2, -0.15) is 0 Å². The fourth-order valence-corrected chi connectivity index (χ4v) is 2.55. The van der Waals surface area contributed by atoms with E-state index in [0.717, 1.165) is 25.0 Å². The first-order valence-electron chi connectivity index (χ1n) is 12.0. The van der Waals surface area contributed by atoms with Crippen LogP contribution in [0.5, 0.6) is 0 Å². The third-order valence-electron chi connectivity index (χ3n) is 4.38. The first-order chi connectivity index (χ1) is 17.3. The van der Waals surface area contributed by atoms with Crippen LogP contribution >= 0.6 is 0 Å². The van der Waals surface area contributed by atoms with Crippen LogP contribution in [0.25, 0.3) is 0 Å². The van der Waals surface area contributed by atoms with Gasteiger partial charge in [0.05, 0.1) is 26.3 Å². The standard InChI is InChI=1S/C16H23NO5.C10H19NO3/c1-4-7-8-9-14(18)17(10-12-21-15(19)5-2)11-13-22-16(20)6-3;1-2-3-4-5-10(14)11(6-8-12)7-9-13/h5-8H,2-4,9-13H2,1H3;3-4,12-13H,2,5-9H2,1H3/b8-7-;4-3-. The van der Waals surface area contributed by atoms with E-state index < -0.39 is 11.9 Å². The minimum atomic E-state index is -0.545. The SMILES string of the molecule is C=CC(=O)OCCN(CCOC(=O)C=C)C(=O)C/C=C\CC.CC/C=C\CC(=O)N(CCO)CCO. The number of rotatable bonds is 18. The van der Waals surface area contributed by atoms with Crippen LogP contribution in [0, 0.1) is 0 Å². The zero-order valence-corrected chi connectivity index (χ0v) is 21.6. The number of ether oxygens (including phenoxy) is 2. The predicted molar refractivity (Wildman–Crippen MR) is 138 cm³/mol. The van der Waals surface area contributed by atoms with Crippen LogP contribution in [0.3, 0.4) is 0 Å². The molecule has 10 nitrogen and oxygen atoms in total. The van der Waals surface area contributed by atoms with Gasteiger partial charge in [-0.05, 0) is 12.8 Å². The van der Waals surface area contributed by atoms with E-state index in [4.69, 9.17) is 19.7 Å². The highest BCUT2D eigenvalue weighted by Crippen LogP contribution is 1.99. The second-order valence-electron chi connectivity index (χ2n) is 7.12. The summed E-state index contributed by atoms with van der Waals surface area (Å²) in [6, 6.07) is 0. The van der Waals surface area contributed by atoms with Gasteiger partial charge in [-0.15, -0.1) is 0 Å². The highest BCUT2D eigenvalue weighted by atomic mass is 16.5. The first kappa shape index (κ1) is 34.9. The molecule has 0 aromatic rings. The van der Waals surface area contributed by atoms with Crippen molar-refractivity contribution in [1.29, 1.82) is 0 Å². The summed E-state index contributed by atoms with van der Waals surface area (Å²) in [6.07, 6.45) is 11.9. The van der Waals surface area contributed by atoms with Gasteiger partial charge in [0.2, 0.25) is 11.8 Å². The average molecular weight is 511 g/mol. The highest BCUT2D eigenvalue weighted by Gasteiger charge is 2.13. The second kappa shape index (κ2) is 24.9. The van der Waals surface area contributed by atoms with Gasteiger partial charge in [0, 0.05) is 38.1 Å². The fourth-order valence-electron chi connectivity index (χ4n) is 2.55. The number of carbonyl (C=O) groups is 4. The molecule has 0 aromatic carbocycles. The zero-order valence-electron chi connectivity index (χ0n) is 21.6. The summed E-state index contributed by atoms with van der Waals surface area (Å²) in [6.45, 7) is 11.6. The van der Waals surface area contributed by atoms with E-state index in [1.807, 2.05) is 32.1 Å². The topological polar surface area (TPSA) is 134 Å². The molecule has 0 radical (unpaired) electrons. The Morgan fingerprint density at radius 1 is 0.667 bits per heavy atom. The number of amides is 2. The molecule has 0 saturated heterocycles. The van der Waals surface area contributed by atoms with E-state index in [9.17, 15) is 19.2 Å². The fraction of sp³-hybridized carbons (Fsp3) is 0.538. The van der Waals surface area contributed by atoms with Gasteiger partial charge < -0.3 is 29.5 Å². The number of esters is 2. The van der Waals surface area contributed by atoms with Crippen LogP contribution in [0.15, 0.2) is 49.6 Å². The Morgan fingerprint density at radius 3 is 1.33 bits per heavy atom. The molecule has 36 heavy (non-hydrogen) atoms. The molecule has 0 saturated carbocycles. The molecule has 0 spiro atoms. The number of allylic oxidation sites excluding steroid dienone is 2. The minimum absolute atomic E-state index is 0.0576. The quantitative estimate of drug-likeness (QED) is 0.162. The largest absolute Gasteiger partial charge is 0.461 e. The van der Waals surface area contributed by atoms with E-state index >= 15 is 0 Å². The lowest BCUT2D eigenvalue weighted by molar-refractivity contribution is -0.142. The number of aliphatic hydroxyl groups excluding tert-OH is 2. The Bertz CT molecular complexity index is 687. The number of hydrogen-bond acceptors (Lipinski definition) is 8. The molecular formula is C26H42N2O8. The molecule has 0 aromatic heterocycles. The predicted octanol–water partition coefficient (Wildman–Crippen LogP) is 1.79. The van der Waals surface area contributed by atoms with Gasteiger partial charge in [-0.1, -0.05) is 51.3 Å². The molecule has 204 valence electrons. The molecule has 0 aliphatic rings. The molecule has 0 bridgehead atoms. The molecular weight excluding hydrogens is 468 g/mol. The number of hydrogen-bond donors (Lipinski definition) is 2. The van der Waals surface area contributed by atoms with Gasteiger partial charge in [0.25, 0.3) is 0 Å². The summed E-state index contributed by atoms with van der Waals surface area (Å²) in [5.74, 6) is -1.28. The van der Waals surface area contributed by atoms with Crippen molar-refractivity contribution in [2.24, 2.45) is 0 Å². The van der Waals surface area contributed by atoms with E-state index in [0.29, 0.717) is 19.5 Å². The van der Waals surface area contributed by atoms with Gasteiger partial charge in [0.15, 0.2) is 0 Å². The first-order valence-corrected chi connectivity index (χ1v) is 12.0. The molecule has 0 aliphatic carbocycles. The zero-order chi connectivity index (χ0) is 27.6. The molecule has 0 atom stereocenters. The van der Waals surface area contributed by atoms with Crippen LogP contribution in [0.1, 0.15) is 39.5 Å². The maximum atomic E-state index is 12.1. The molecule has 0 rings (SSSR count). The Hall–Kier alpha value is -3.24. The summed E-state index contributed by atoms with van der Waals surface area (Å²) in [5.41, 5.74) is 0. The van der Waals surface area contributed by atoms with Crippen molar-refractivity contribution in [3.8, 4) is 0 Å². The monoisotopic (exact) mass is 510 g/mol. The van der Waals surface area contributed by atoms with Crippen LogP contribution in [0.2, 0.25) is 0 Å². The van der Waals surface area contributed by atoms with E-state index in [2.05, 4.69) is 13.2 Å². The number of carbonyl (C=O) groups excluding carboxylic acids is 4. The average Bonchev–Trinajstić information content (AvgIpc) is 2.87. The van der Waals surface area contributed by atoms with Crippen molar-refractivity contribution >= 4 is 23.8 Å². The third-order valence-corrected chi connectivity index (χ3v) is 4.38. The molecule has 0 aliphatic heterocycles. The summed E-state index contributed by atoms with van der Waals surface area (Å²) >= 11 is 0.